The number of methoxy groups -OCH3 is 1. The van der Waals surface area contributed by atoms with E-state index in [1.54, 1.807) is 12.1 Å². The Balaban J connectivity index is 1.84. The van der Waals surface area contributed by atoms with Crippen LogP contribution in [0.1, 0.15) is 11.1 Å². The second-order valence-electron chi connectivity index (χ2n) is 6.28. The summed E-state index contributed by atoms with van der Waals surface area (Å²) in [6.45, 7) is 3.71. The standard InChI is InChI=1S/C21H21N3O3/c1-14-8-10-19(27-3)18(12-14)22-20(25)13-24-21(26)11-9-17(23-24)16-7-5-4-6-15(16)2/h4-12H,13H2,1-3H3,(H,22,25). The molecule has 0 unspecified atom stereocenters. The summed E-state index contributed by atoms with van der Waals surface area (Å²) in [5.41, 5.74) is 3.83. The lowest BCUT2D eigenvalue weighted by molar-refractivity contribution is -0.117. The van der Waals surface area contributed by atoms with Gasteiger partial charge in [0.15, 0.2) is 0 Å². The van der Waals surface area contributed by atoms with E-state index in [-0.39, 0.29) is 18.0 Å². The molecule has 0 atom stereocenters. The average Bonchev–Trinajstić information content (AvgIpc) is 2.64. The summed E-state index contributed by atoms with van der Waals surface area (Å²) in [5, 5.41) is 7.14. The van der Waals surface area contributed by atoms with E-state index in [2.05, 4.69) is 10.4 Å². The molecule has 0 fully saturated rings. The van der Waals surface area contributed by atoms with Gasteiger partial charge in [0.25, 0.3) is 5.56 Å². The molecule has 0 spiro atoms. The smallest absolute Gasteiger partial charge is 0.267 e. The van der Waals surface area contributed by atoms with Crippen LogP contribution in [-0.4, -0.2) is 22.8 Å². The van der Waals surface area contributed by atoms with Crippen LogP contribution in [0.15, 0.2) is 59.4 Å². The van der Waals surface area contributed by atoms with Gasteiger partial charge in [-0.25, -0.2) is 4.68 Å². The van der Waals surface area contributed by atoms with E-state index in [9.17, 15) is 9.59 Å². The molecule has 138 valence electrons. The minimum Gasteiger partial charge on any atom is -0.495 e. The van der Waals surface area contributed by atoms with Crippen molar-refractivity contribution in [3.8, 4) is 17.0 Å². The molecule has 0 saturated heterocycles. The third-order valence-electron chi connectivity index (χ3n) is 4.21. The van der Waals surface area contributed by atoms with E-state index >= 15 is 0 Å². The zero-order valence-corrected chi connectivity index (χ0v) is 15.5. The van der Waals surface area contributed by atoms with Crippen LogP contribution >= 0.6 is 0 Å². The van der Waals surface area contributed by atoms with Gasteiger partial charge in [-0.2, -0.15) is 5.10 Å². The van der Waals surface area contributed by atoms with Gasteiger partial charge in [-0.1, -0.05) is 30.3 Å². The molecule has 6 heteroatoms. The van der Waals surface area contributed by atoms with Crippen LogP contribution < -0.4 is 15.6 Å². The molecule has 6 nitrogen and oxygen atoms in total. The lowest BCUT2D eigenvalue weighted by Gasteiger charge is -2.12. The van der Waals surface area contributed by atoms with Crippen molar-refractivity contribution < 1.29 is 9.53 Å². The highest BCUT2D eigenvalue weighted by atomic mass is 16.5. The van der Waals surface area contributed by atoms with Gasteiger partial charge in [0, 0.05) is 11.6 Å². The Morgan fingerprint density at radius 1 is 1.11 bits per heavy atom. The summed E-state index contributed by atoms with van der Waals surface area (Å²) in [7, 11) is 1.54. The number of carbonyl (C=O) groups is 1. The lowest BCUT2D eigenvalue weighted by Crippen LogP contribution is -2.29. The summed E-state index contributed by atoms with van der Waals surface area (Å²) in [4.78, 5) is 24.6. The fraction of sp³-hybridized carbons (Fsp3) is 0.190. The van der Waals surface area contributed by atoms with Crippen LogP contribution in [0.2, 0.25) is 0 Å². The monoisotopic (exact) mass is 363 g/mol. The second kappa shape index (κ2) is 7.86. The summed E-state index contributed by atoms with van der Waals surface area (Å²) in [6.07, 6.45) is 0. The van der Waals surface area contributed by atoms with Crippen LogP contribution in [0.3, 0.4) is 0 Å². The molecule has 1 heterocycles. The van der Waals surface area contributed by atoms with Crippen LogP contribution in [0.25, 0.3) is 11.3 Å². The number of ether oxygens (including phenoxy) is 1. The van der Waals surface area contributed by atoms with E-state index in [0.29, 0.717) is 17.1 Å². The molecule has 1 aromatic heterocycles. The average molecular weight is 363 g/mol. The Kier molecular flexibility index (Phi) is 5.35. The van der Waals surface area contributed by atoms with Gasteiger partial charge in [-0.15, -0.1) is 0 Å². The first-order valence-corrected chi connectivity index (χ1v) is 8.56. The normalized spacial score (nSPS) is 10.5. The Morgan fingerprint density at radius 2 is 1.89 bits per heavy atom. The lowest BCUT2D eigenvalue weighted by atomic mass is 10.1. The molecule has 0 aliphatic carbocycles. The molecule has 0 aliphatic heterocycles. The molecular formula is C21H21N3O3. The topological polar surface area (TPSA) is 73.2 Å². The molecule has 2 aromatic carbocycles. The van der Waals surface area contributed by atoms with Crippen LogP contribution in [0.5, 0.6) is 5.75 Å². The molecule has 0 saturated carbocycles. The Labute approximate surface area is 157 Å². The van der Waals surface area contributed by atoms with Gasteiger partial charge < -0.3 is 10.1 Å². The first kappa shape index (κ1) is 18.4. The summed E-state index contributed by atoms with van der Waals surface area (Å²) >= 11 is 0. The number of benzene rings is 2. The molecule has 3 rings (SSSR count). The molecule has 1 N–H and O–H groups in total. The summed E-state index contributed by atoms with van der Waals surface area (Å²) in [5.74, 6) is 0.207. The predicted octanol–water partition coefficient (Wildman–Crippen LogP) is 3.17. The van der Waals surface area contributed by atoms with Crippen molar-refractivity contribution >= 4 is 11.6 Å². The molecule has 0 bridgehead atoms. The third kappa shape index (κ3) is 4.23. The number of carbonyl (C=O) groups excluding carboxylic acids is 1. The number of anilines is 1. The number of rotatable bonds is 5. The van der Waals surface area contributed by atoms with Gasteiger partial charge in [-0.3, -0.25) is 9.59 Å². The van der Waals surface area contributed by atoms with Crippen molar-refractivity contribution in [3.05, 3.63) is 76.1 Å². The van der Waals surface area contributed by atoms with Crippen LogP contribution in [0, 0.1) is 13.8 Å². The molecular weight excluding hydrogens is 342 g/mol. The Bertz CT molecular complexity index is 1040. The number of aryl methyl sites for hydroxylation is 2. The fourth-order valence-corrected chi connectivity index (χ4v) is 2.81. The van der Waals surface area contributed by atoms with Gasteiger partial charge in [-0.05, 0) is 43.2 Å². The zero-order valence-electron chi connectivity index (χ0n) is 15.5. The number of nitrogens with one attached hydrogen (secondary N) is 1. The van der Waals surface area contributed by atoms with E-state index in [0.717, 1.165) is 16.7 Å². The maximum Gasteiger partial charge on any atom is 0.267 e. The quantitative estimate of drug-likeness (QED) is 0.756. The Hall–Kier alpha value is -3.41. The molecule has 3 aromatic rings. The number of aromatic nitrogens is 2. The van der Waals surface area contributed by atoms with Gasteiger partial charge in [0.05, 0.1) is 18.5 Å². The molecule has 0 radical (unpaired) electrons. The minimum atomic E-state index is -0.351. The van der Waals surface area contributed by atoms with Crippen molar-refractivity contribution in [3.63, 3.8) is 0 Å². The van der Waals surface area contributed by atoms with Crippen molar-refractivity contribution in [2.75, 3.05) is 12.4 Å². The highest BCUT2D eigenvalue weighted by Gasteiger charge is 2.12. The van der Waals surface area contributed by atoms with Gasteiger partial charge >= 0.3 is 0 Å². The van der Waals surface area contributed by atoms with E-state index in [1.165, 1.54) is 17.9 Å². The maximum atomic E-state index is 12.5. The fourth-order valence-electron chi connectivity index (χ4n) is 2.81. The van der Waals surface area contributed by atoms with Crippen molar-refractivity contribution in [1.82, 2.24) is 9.78 Å². The largest absolute Gasteiger partial charge is 0.495 e. The molecule has 0 aliphatic rings. The zero-order chi connectivity index (χ0) is 19.4. The van der Waals surface area contributed by atoms with E-state index in [1.807, 2.05) is 50.2 Å². The van der Waals surface area contributed by atoms with Gasteiger partial charge in [0.2, 0.25) is 5.91 Å². The van der Waals surface area contributed by atoms with Gasteiger partial charge in [0.1, 0.15) is 12.3 Å². The van der Waals surface area contributed by atoms with Crippen LogP contribution in [0.4, 0.5) is 5.69 Å². The number of nitrogens with zero attached hydrogens (tertiary/aromatic N) is 2. The minimum absolute atomic E-state index is 0.185. The van der Waals surface area contributed by atoms with E-state index in [4.69, 9.17) is 4.74 Å². The van der Waals surface area contributed by atoms with E-state index < -0.39 is 0 Å². The predicted molar refractivity (Wildman–Crippen MR) is 105 cm³/mol. The number of amides is 1. The van der Waals surface area contributed by atoms with Crippen LogP contribution in [-0.2, 0) is 11.3 Å². The Morgan fingerprint density at radius 3 is 2.63 bits per heavy atom. The van der Waals surface area contributed by atoms with Crippen molar-refractivity contribution in [2.24, 2.45) is 0 Å². The number of hydrogen-bond acceptors (Lipinski definition) is 4. The highest BCUT2D eigenvalue weighted by Crippen LogP contribution is 2.25. The molecule has 27 heavy (non-hydrogen) atoms. The summed E-state index contributed by atoms with van der Waals surface area (Å²) < 4.78 is 6.43. The first-order valence-electron chi connectivity index (χ1n) is 8.56. The second-order valence-corrected chi connectivity index (χ2v) is 6.28. The highest BCUT2D eigenvalue weighted by molar-refractivity contribution is 5.92. The van der Waals surface area contributed by atoms with Crippen molar-refractivity contribution in [1.29, 1.82) is 0 Å². The maximum absolute atomic E-state index is 12.5. The third-order valence-corrected chi connectivity index (χ3v) is 4.21. The SMILES string of the molecule is COc1ccc(C)cc1NC(=O)Cn1nc(-c2ccccc2C)ccc1=O. The molecule has 1 amide bonds. The first-order chi connectivity index (χ1) is 13.0. The summed E-state index contributed by atoms with van der Waals surface area (Å²) in [6, 6.07) is 16.4. The van der Waals surface area contributed by atoms with Crippen molar-refractivity contribution in [2.45, 2.75) is 20.4 Å². The number of hydrogen-bond donors (Lipinski definition) is 1.